The highest BCUT2D eigenvalue weighted by molar-refractivity contribution is 5.94. The molecule has 2 heterocycles. The van der Waals surface area contributed by atoms with Crippen molar-refractivity contribution in [1.82, 2.24) is 4.90 Å². The van der Waals surface area contributed by atoms with Gasteiger partial charge >= 0.3 is 0 Å². The number of piperidine rings is 1. The highest BCUT2D eigenvalue weighted by Gasteiger charge is 2.43. The summed E-state index contributed by atoms with van der Waals surface area (Å²) in [5.41, 5.74) is 2.77. The molecule has 0 aromatic heterocycles. The standard InChI is InChI=1S/C24H31N3O3/c1-26(2)21-9-7-18(8-10-21)23(28)27-13-11-24(12-14-27)16-20(17-30-24)25-19-5-4-6-22(15-19)29-3/h4-10,15,20,25H,11-14,16-17H2,1-3H3/t20-/m0/s1. The van der Waals surface area contributed by atoms with E-state index in [0.29, 0.717) is 6.61 Å². The Bertz CT molecular complexity index is 874. The molecule has 0 radical (unpaired) electrons. The maximum absolute atomic E-state index is 12.9. The van der Waals surface area contributed by atoms with Gasteiger partial charge in [0.05, 0.1) is 25.4 Å². The van der Waals surface area contributed by atoms with Crippen molar-refractivity contribution in [3.63, 3.8) is 0 Å². The van der Waals surface area contributed by atoms with Crippen LogP contribution in [0, 0.1) is 0 Å². The van der Waals surface area contributed by atoms with Crippen LogP contribution >= 0.6 is 0 Å². The van der Waals surface area contributed by atoms with Crippen molar-refractivity contribution in [1.29, 1.82) is 0 Å². The number of carbonyl (C=O) groups is 1. The quantitative estimate of drug-likeness (QED) is 0.817. The lowest BCUT2D eigenvalue weighted by Gasteiger charge is -2.38. The van der Waals surface area contributed by atoms with E-state index in [1.54, 1.807) is 7.11 Å². The van der Waals surface area contributed by atoms with Gasteiger partial charge in [0.25, 0.3) is 5.91 Å². The van der Waals surface area contributed by atoms with E-state index in [0.717, 1.165) is 55.0 Å². The highest BCUT2D eigenvalue weighted by Crippen LogP contribution is 2.37. The summed E-state index contributed by atoms with van der Waals surface area (Å²) in [6.07, 6.45) is 2.72. The fourth-order valence-corrected chi connectivity index (χ4v) is 4.44. The molecule has 160 valence electrons. The van der Waals surface area contributed by atoms with E-state index in [-0.39, 0.29) is 17.6 Å². The summed E-state index contributed by atoms with van der Waals surface area (Å²) in [5.74, 6) is 0.957. The zero-order chi connectivity index (χ0) is 21.1. The first-order valence-corrected chi connectivity index (χ1v) is 10.6. The lowest BCUT2D eigenvalue weighted by Crippen LogP contribution is -2.46. The molecule has 1 atom stereocenters. The van der Waals surface area contributed by atoms with Crippen LogP contribution < -0.4 is 15.0 Å². The number of ether oxygens (including phenoxy) is 2. The number of anilines is 2. The third-order valence-corrected chi connectivity index (χ3v) is 6.24. The van der Waals surface area contributed by atoms with Crippen LogP contribution in [0.15, 0.2) is 48.5 Å². The third-order valence-electron chi connectivity index (χ3n) is 6.24. The van der Waals surface area contributed by atoms with Crippen LogP contribution in [-0.4, -0.2) is 63.4 Å². The van der Waals surface area contributed by atoms with Gasteiger partial charge in [0, 0.05) is 50.2 Å². The molecule has 6 nitrogen and oxygen atoms in total. The van der Waals surface area contributed by atoms with E-state index in [9.17, 15) is 4.79 Å². The maximum Gasteiger partial charge on any atom is 0.253 e. The predicted molar refractivity (Wildman–Crippen MR) is 120 cm³/mol. The second-order valence-electron chi connectivity index (χ2n) is 8.50. The minimum absolute atomic E-state index is 0.110. The van der Waals surface area contributed by atoms with Gasteiger partial charge in [0.2, 0.25) is 0 Å². The summed E-state index contributed by atoms with van der Waals surface area (Å²) in [6.45, 7) is 2.16. The molecule has 2 aromatic rings. The molecule has 2 aliphatic rings. The number of likely N-dealkylation sites (tertiary alicyclic amines) is 1. The summed E-state index contributed by atoms with van der Waals surface area (Å²) < 4.78 is 11.6. The Morgan fingerprint density at radius 2 is 1.90 bits per heavy atom. The van der Waals surface area contributed by atoms with E-state index in [1.807, 2.05) is 66.4 Å². The normalized spacial score (nSPS) is 20.2. The molecule has 1 spiro atoms. The first-order chi connectivity index (χ1) is 14.5. The van der Waals surface area contributed by atoms with Crippen LogP contribution in [0.5, 0.6) is 5.75 Å². The Morgan fingerprint density at radius 1 is 1.17 bits per heavy atom. The number of nitrogens with zero attached hydrogens (tertiary/aromatic N) is 2. The van der Waals surface area contributed by atoms with Crippen molar-refractivity contribution in [3.8, 4) is 5.75 Å². The average molecular weight is 410 g/mol. The molecule has 1 N–H and O–H groups in total. The molecule has 1 amide bonds. The third kappa shape index (κ3) is 4.38. The first-order valence-electron chi connectivity index (χ1n) is 10.6. The van der Waals surface area contributed by atoms with Crippen LogP contribution in [0.2, 0.25) is 0 Å². The van der Waals surface area contributed by atoms with Gasteiger partial charge in [-0.15, -0.1) is 0 Å². The smallest absolute Gasteiger partial charge is 0.253 e. The molecule has 2 aliphatic heterocycles. The molecule has 30 heavy (non-hydrogen) atoms. The molecule has 0 saturated carbocycles. The van der Waals surface area contributed by atoms with Gasteiger partial charge in [-0.25, -0.2) is 0 Å². The fourth-order valence-electron chi connectivity index (χ4n) is 4.44. The number of benzene rings is 2. The molecule has 0 unspecified atom stereocenters. The van der Waals surface area contributed by atoms with E-state index in [2.05, 4.69) is 11.4 Å². The molecule has 2 saturated heterocycles. The number of rotatable bonds is 5. The van der Waals surface area contributed by atoms with Crippen LogP contribution in [0.3, 0.4) is 0 Å². The monoisotopic (exact) mass is 409 g/mol. The van der Waals surface area contributed by atoms with E-state index < -0.39 is 0 Å². The van der Waals surface area contributed by atoms with Crippen LogP contribution in [-0.2, 0) is 4.74 Å². The minimum atomic E-state index is -0.123. The Labute approximate surface area is 178 Å². The van der Waals surface area contributed by atoms with Crippen molar-refractivity contribution < 1.29 is 14.3 Å². The number of carbonyl (C=O) groups excluding carboxylic acids is 1. The van der Waals surface area contributed by atoms with Crippen LogP contribution in [0.25, 0.3) is 0 Å². The SMILES string of the molecule is COc1cccc(N[C@@H]2COC3(CCN(C(=O)c4ccc(N(C)C)cc4)CC3)C2)c1. The number of hydrogen-bond donors (Lipinski definition) is 1. The zero-order valence-corrected chi connectivity index (χ0v) is 18.1. The summed E-state index contributed by atoms with van der Waals surface area (Å²) in [5, 5.41) is 3.57. The lowest BCUT2D eigenvalue weighted by molar-refractivity contribution is -0.0388. The Balaban J connectivity index is 1.32. The van der Waals surface area contributed by atoms with Crippen LogP contribution in [0.4, 0.5) is 11.4 Å². The second-order valence-corrected chi connectivity index (χ2v) is 8.50. The van der Waals surface area contributed by atoms with Gasteiger partial charge in [-0.3, -0.25) is 4.79 Å². The number of methoxy groups -OCH3 is 1. The van der Waals surface area contributed by atoms with Crippen molar-refractivity contribution in [3.05, 3.63) is 54.1 Å². The highest BCUT2D eigenvalue weighted by atomic mass is 16.5. The van der Waals surface area contributed by atoms with Gasteiger partial charge in [-0.1, -0.05) is 6.07 Å². The van der Waals surface area contributed by atoms with E-state index in [1.165, 1.54) is 0 Å². The van der Waals surface area contributed by atoms with E-state index in [4.69, 9.17) is 9.47 Å². The summed E-state index contributed by atoms with van der Waals surface area (Å²) in [7, 11) is 5.68. The predicted octanol–water partition coefficient (Wildman–Crippen LogP) is 3.64. The van der Waals surface area contributed by atoms with Crippen molar-refractivity contribution in [2.45, 2.75) is 30.9 Å². The summed E-state index contributed by atoms with van der Waals surface area (Å²) >= 11 is 0. The number of amides is 1. The zero-order valence-electron chi connectivity index (χ0n) is 18.1. The minimum Gasteiger partial charge on any atom is -0.497 e. The molecule has 0 aliphatic carbocycles. The summed E-state index contributed by atoms with van der Waals surface area (Å²) in [4.78, 5) is 16.9. The first kappa shape index (κ1) is 20.5. The average Bonchev–Trinajstić information content (AvgIpc) is 3.15. The summed E-state index contributed by atoms with van der Waals surface area (Å²) in [6, 6.07) is 16.1. The van der Waals surface area contributed by atoms with Gasteiger partial charge in [0.1, 0.15) is 5.75 Å². The molecule has 4 rings (SSSR count). The molecule has 6 heteroatoms. The van der Waals surface area contributed by atoms with Crippen molar-refractivity contribution >= 4 is 17.3 Å². The van der Waals surface area contributed by atoms with Gasteiger partial charge < -0.3 is 24.6 Å². The second kappa shape index (κ2) is 8.56. The van der Waals surface area contributed by atoms with Gasteiger partial charge in [-0.05, 0) is 55.7 Å². The Morgan fingerprint density at radius 3 is 2.57 bits per heavy atom. The topological polar surface area (TPSA) is 54.0 Å². The lowest BCUT2D eigenvalue weighted by atomic mass is 9.87. The van der Waals surface area contributed by atoms with Crippen LogP contribution in [0.1, 0.15) is 29.6 Å². The molecular formula is C24H31N3O3. The van der Waals surface area contributed by atoms with Gasteiger partial charge in [0.15, 0.2) is 0 Å². The largest absolute Gasteiger partial charge is 0.497 e. The molecule has 0 bridgehead atoms. The van der Waals surface area contributed by atoms with Gasteiger partial charge in [-0.2, -0.15) is 0 Å². The Kier molecular flexibility index (Phi) is 5.86. The molecule has 2 fully saturated rings. The van der Waals surface area contributed by atoms with Crippen molar-refractivity contribution in [2.75, 3.05) is 51.1 Å². The van der Waals surface area contributed by atoms with E-state index >= 15 is 0 Å². The molecule has 2 aromatic carbocycles. The van der Waals surface area contributed by atoms with Crippen molar-refractivity contribution in [2.24, 2.45) is 0 Å². The fraction of sp³-hybridized carbons (Fsp3) is 0.458. The maximum atomic E-state index is 12.9. The molecular weight excluding hydrogens is 378 g/mol. The number of nitrogens with one attached hydrogen (secondary N) is 1. The number of hydrogen-bond acceptors (Lipinski definition) is 5. The Hall–Kier alpha value is -2.73.